The molecular formula is C67H60N8O3S2. The zero-order valence-corrected chi connectivity index (χ0v) is 46.3. The van der Waals surface area contributed by atoms with Crippen molar-refractivity contribution in [3.05, 3.63) is 246 Å². The molecule has 0 unspecified atom stereocenters. The molecule has 2 aromatic heterocycles. The lowest BCUT2D eigenvalue weighted by atomic mass is 9.95. The maximum absolute atomic E-state index is 11.0. The van der Waals surface area contributed by atoms with Gasteiger partial charge in [-0.3, -0.25) is 0 Å². The first-order chi connectivity index (χ1) is 39.3. The van der Waals surface area contributed by atoms with Crippen molar-refractivity contribution in [3.8, 4) is 16.9 Å². The Bertz CT molecular complexity index is 3940. The van der Waals surface area contributed by atoms with Crippen molar-refractivity contribution >= 4 is 80.2 Å². The lowest BCUT2D eigenvalue weighted by molar-refractivity contribution is 0.278. The molecule has 2 heterocycles. The lowest BCUT2D eigenvalue weighted by Gasteiger charge is -2.26. The summed E-state index contributed by atoms with van der Waals surface area (Å²) in [5, 5.41) is 33.7. The number of aliphatic hydroxyl groups is 2. The van der Waals surface area contributed by atoms with Crippen LogP contribution in [0, 0.1) is 0 Å². The van der Waals surface area contributed by atoms with Gasteiger partial charge in [0.15, 0.2) is 0 Å². The minimum atomic E-state index is -0.130. The molecule has 0 saturated heterocycles. The molecule has 11 aromatic rings. The van der Waals surface area contributed by atoms with Crippen LogP contribution in [0.2, 0.25) is 0 Å². The first-order valence-electron chi connectivity index (χ1n) is 26.6. The fourth-order valence-corrected chi connectivity index (χ4v) is 11.8. The van der Waals surface area contributed by atoms with E-state index >= 15 is 0 Å². The summed E-state index contributed by atoms with van der Waals surface area (Å²) in [5.74, 6) is 3.50. The molecule has 0 aliphatic rings. The van der Waals surface area contributed by atoms with E-state index in [1.54, 1.807) is 30.6 Å². The molecule has 9 aromatic carbocycles. The number of fused-ring (bicyclic) bond motifs is 2. The normalized spacial score (nSPS) is 11.3. The van der Waals surface area contributed by atoms with E-state index in [1.165, 1.54) is 0 Å². The van der Waals surface area contributed by atoms with E-state index in [4.69, 9.17) is 24.7 Å². The quantitative estimate of drug-likeness (QED) is 0.0467. The molecule has 0 spiro atoms. The summed E-state index contributed by atoms with van der Waals surface area (Å²) in [6.07, 6.45) is 0. The fourth-order valence-electron chi connectivity index (χ4n) is 9.69. The van der Waals surface area contributed by atoms with Crippen LogP contribution in [0.25, 0.3) is 32.9 Å². The smallest absolute Gasteiger partial charge is 0.225 e. The van der Waals surface area contributed by atoms with E-state index in [9.17, 15) is 10.2 Å². The van der Waals surface area contributed by atoms with Gasteiger partial charge in [0.2, 0.25) is 11.9 Å². The summed E-state index contributed by atoms with van der Waals surface area (Å²) in [4.78, 5) is 26.6. The third-order valence-corrected chi connectivity index (χ3v) is 16.4. The van der Waals surface area contributed by atoms with Crippen LogP contribution in [0.4, 0.5) is 34.9 Å². The molecule has 0 saturated carbocycles. The predicted octanol–water partition coefficient (Wildman–Crippen LogP) is 16.0. The van der Waals surface area contributed by atoms with Gasteiger partial charge in [0, 0.05) is 61.4 Å². The fraction of sp³-hybridized carbons (Fsp3) is 0.134. The molecular weight excluding hydrogens is 1030 g/mol. The van der Waals surface area contributed by atoms with Crippen LogP contribution in [0.3, 0.4) is 0 Å². The van der Waals surface area contributed by atoms with Crippen molar-refractivity contribution in [2.45, 2.75) is 72.2 Å². The number of nitrogens with one attached hydrogen (secondary N) is 3. The van der Waals surface area contributed by atoms with Gasteiger partial charge >= 0.3 is 0 Å². The highest BCUT2D eigenvalue weighted by atomic mass is 32.2. The van der Waals surface area contributed by atoms with Gasteiger partial charge in [-0.05, 0) is 135 Å². The summed E-state index contributed by atoms with van der Waals surface area (Å²) in [7, 11) is 1.68. The van der Waals surface area contributed by atoms with Gasteiger partial charge in [-0.2, -0.15) is 9.97 Å². The van der Waals surface area contributed by atoms with Crippen molar-refractivity contribution in [2.24, 2.45) is 0 Å². The Labute approximate surface area is 475 Å². The van der Waals surface area contributed by atoms with Crippen LogP contribution in [0.15, 0.2) is 232 Å². The molecule has 0 amide bonds. The van der Waals surface area contributed by atoms with E-state index in [-0.39, 0.29) is 19.1 Å². The molecule has 0 aliphatic heterocycles. The molecule has 0 bridgehead atoms. The third-order valence-electron chi connectivity index (χ3n) is 13.9. The van der Waals surface area contributed by atoms with E-state index in [0.717, 1.165) is 109 Å². The van der Waals surface area contributed by atoms with Gasteiger partial charge in [-0.25, -0.2) is 9.97 Å². The van der Waals surface area contributed by atoms with Crippen LogP contribution in [0.1, 0.15) is 53.1 Å². The SMILES string of the molecule is COc1ccc(N(Cc2ccccc2)c2nc(NCc3ccccc3Sc3ccc(-c4ccc(C(C)C)c(Nc5nc(NCc6ccccc6Sc6ccccc6CO)nc6ccccc56)c4)cc3CO)nc3ccccc23)cc1. The van der Waals surface area contributed by atoms with Crippen molar-refractivity contribution in [3.63, 3.8) is 0 Å². The largest absolute Gasteiger partial charge is 0.497 e. The zero-order chi connectivity index (χ0) is 54.8. The molecule has 80 heavy (non-hydrogen) atoms. The zero-order valence-electron chi connectivity index (χ0n) is 44.7. The van der Waals surface area contributed by atoms with E-state index in [2.05, 4.69) is 138 Å². The summed E-state index contributed by atoms with van der Waals surface area (Å²) in [6.45, 7) is 5.81. The van der Waals surface area contributed by atoms with Crippen molar-refractivity contribution in [2.75, 3.05) is 28.0 Å². The van der Waals surface area contributed by atoms with E-state index in [0.29, 0.717) is 37.3 Å². The highest BCUT2D eigenvalue weighted by Crippen LogP contribution is 2.40. The maximum atomic E-state index is 11.0. The Morgan fingerprint density at radius 1 is 0.500 bits per heavy atom. The van der Waals surface area contributed by atoms with Gasteiger partial charge in [-0.15, -0.1) is 0 Å². The number of rotatable bonds is 21. The minimum absolute atomic E-state index is 0.0212. The predicted molar refractivity (Wildman–Crippen MR) is 328 cm³/mol. The number of nitrogens with zero attached hydrogens (tertiary/aromatic N) is 5. The number of aromatic nitrogens is 4. The van der Waals surface area contributed by atoms with Crippen LogP contribution < -0.4 is 25.6 Å². The lowest BCUT2D eigenvalue weighted by Crippen LogP contribution is -2.19. The van der Waals surface area contributed by atoms with Gasteiger partial charge in [0.25, 0.3) is 0 Å². The maximum Gasteiger partial charge on any atom is 0.225 e. The number of methoxy groups -OCH3 is 1. The summed E-state index contributed by atoms with van der Waals surface area (Å²) >= 11 is 3.27. The van der Waals surface area contributed by atoms with Gasteiger partial charge < -0.3 is 35.8 Å². The number of ether oxygens (including phenoxy) is 1. The van der Waals surface area contributed by atoms with Gasteiger partial charge in [0.05, 0.1) is 31.4 Å². The highest BCUT2D eigenvalue weighted by molar-refractivity contribution is 7.99. The highest BCUT2D eigenvalue weighted by Gasteiger charge is 2.20. The Morgan fingerprint density at radius 3 is 1.66 bits per heavy atom. The summed E-state index contributed by atoms with van der Waals surface area (Å²) < 4.78 is 5.51. The number of hydrogen-bond donors (Lipinski definition) is 5. The molecule has 0 aliphatic carbocycles. The van der Waals surface area contributed by atoms with Crippen molar-refractivity contribution < 1.29 is 14.9 Å². The molecule has 0 atom stereocenters. The van der Waals surface area contributed by atoms with Crippen molar-refractivity contribution in [1.29, 1.82) is 0 Å². The average molecular weight is 1090 g/mol. The minimum Gasteiger partial charge on any atom is -0.497 e. The summed E-state index contributed by atoms with van der Waals surface area (Å²) in [6, 6.07) is 72.0. The van der Waals surface area contributed by atoms with Crippen LogP contribution >= 0.6 is 23.5 Å². The van der Waals surface area contributed by atoms with Gasteiger partial charge in [-0.1, -0.05) is 165 Å². The molecule has 11 rings (SSSR count). The van der Waals surface area contributed by atoms with Crippen LogP contribution in [-0.4, -0.2) is 37.3 Å². The Kier molecular flexibility index (Phi) is 16.6. The number of hydrogen-bond acceptors (Lipinski definition) is 13. The second-order valence-electron chi connectivity index (χ2n) is 19.5. The first-order valence-corrected chi connectivity index (χ1v) is 28.3. The topological polar surface area (TPSA) is 141 Å². The number of benzene rings is 9. The average Bonchev–Trinajstić information content (AvgIpc) is 3.50. The molecule has 398 valence electrons. The Hall–Kier alpha value is -8.72. The van der Waals surface area contributed by atoms with Crippen LogP contribution in [-0.2, 0) is 32.8 Å². The van der Waals surface area contributed by atoms with E-state index in [1.807, 2.05) is 109 Å². The molecule has 0 radical (unpaired) electrons. The van der Waals surface area contributed by atoms with Crippen LogP contribution in [0.5, 0.6) is 5.75 Å². The van der Waals surface area contributed by atoms with E-state index < -0.39 is 0 Å². The van der Waals surface area contributed by atoms with Crippen molar-refractivity contribution in [1.82, 2.24) is 19.9 Å². The second kappa shape index (κ2) is 24.9. The summed E-state index contributed by atoms with van der Waals surface area (Å²) in [5.41, 5.74) is 11.7. The third kappa shape index (κ3) is 12.3. The molecule has 0 fully saturated rings. The number of aliphatic hydroxyl groups excluding tert-OH is 2. The van der Waals surface area contributed by atoms with Gasteiger partial charge in [0.1, 0.15) is 17.4 Å². The first kappa shape index (κ1) is 53.3. The Balaban J connectivity index is 0.836. The second-order valence-corrected chi connectivity index (χ2v) is 21.7. The standard InChI is InChI=1S/C67H60N8O3S2/c1-44(2)54-35-29-47(38-59(54)70-64-55-22-10-12-24-57(55)71-66(73-64)68-39-48-19-7-14-26-60(48)79-62-28-16-9-21-50(62)42-76)46-30-36-63(51(37-46)43-77)80-61-27-15-8-20-49(61)40-69-67-72-58-25-13-11-23-56(58)65(74-67)75(41-45-17-5-4-6-18-45)52-31-33-53(78-3)34-32-52/h4-38,44,76-77H,39-43H2,1-3H3,(H,69,72,74)(H2,68,70,71,73). The monoisotopic (exact) mass is 1090 g/mol. The number of para-hydroxylation sites is 2. The molecule has 5 N–H and O–H groups in total. The Morgan fingerprint density at radius 2 is 1.02 bits per heavy atom. The molecule has 11 nitrogen and oxygen atoms in total. The number of anilines is 6. The molecule has 13 heteroatoms.